The van der Waals surface area contributed by atoms with Crippen molar-refractivity contribution in [3.63, 3.8) is 0 Å². The average Bonchev–Trinajstić information content (AvgIpc) is 3.38. The fourth-order valence-corrected chi connectivity index (χ4v) is 7.75. The zero-order chi connectivity index (χ0) is 18.7. The third-order valence-corrected chi connectivity index (χ3v) is 8.16. The van der Waals surface area contributed by atoms with Crippen LogP contribution in [0.1, 0.15) is 12.8 Å². The van der Waals surface area contributed by atoms with Gasteiger partial charge in [-0.3, -0.25) is 25.7 Å². The summed E-state index contributed by atoms with van der Waals surface area (Å²) in [5.74, 6) is 4.12. The maximum atomic E-state index is 11.3. The number of anilines is 1. The molecule has 6 bridgehead atoms. The zero-order valence-electron chi connectivity index (χ0n) is 14.6. The van der Waals surface area contributed by atoms with E-state index in [4.69, 9.17) is 4.74 Å². The summed E-state index contributed by atoms with van der Waals surface area (Å²) in [6, 6.07) is 3.59. The van der Waals surface area contributed by atoms with Gasteiger partial charge in [-0.05, 0) is 42.6 Å². The van der Waals surface area contributed by atoms with E-state index < -0.39 is 9.85 Å². The monoisotopic (exact) mass is 370 g/mol. The van der Waals surface area contributed by atoms with E-state index in [0.29, 0.717) is 29.6 Å². The molecule has 6 fully saturated rings. The van der Waals surface area contributed by atoms with Gasteiger partial charge in [0.15, 0.2) is 0 Å². The molecule has 9 nitrogen and oxygen atoms in total. The largest absolute Gasteiger partial charge is 0.377 e. The number of hydrogen-bond donors (Lipinski definition) is 1. The van der Waals surface area contributed by atoms with Crippen molar-refractivity contribution in [1.29, 1.82) is 0 Å². The Morgan fingerprint density at radius 3 is 2.74 bits per heavy atom. The van der Waals surface area contributed by atoms with Crippen molar-refractivity contribution in [3.05, 3.63) is 38.4 Å². The summed E-state index contributed by atoms with van der Waals surface area (Å²) in [5.41, 5.74) is 3.42. The molecule has 1 aromatic rings. The van der Waals surface area contributed by atoms with Crippen LogP contribution in [0.3, 0.4) is 0 Å². The van der Waals surface area contributed by atoms with E-state index in [1.807, 2.05) is 7.11 Å². The number of non-ortho nitro benzene ring substituents is 1. The average molecular weight is 370 g/mol. The Morgan fingerprint density at radius 2 is 2.04 bits per heavy atom. The van der Waals surface area contributed by atoms with E-state index in [0.717, 1.165) is 30.0 Å². The Hall–Kier alpha value is -2.55. The van der Waals surface area contributed by atoms with Crippen molar-refractivity contribution in [2.75, 3.05) is 12.5 Å². The maximum absolute atomic E-state index is 11.3. The fraction of sp³-hybridized carbons (Fsp3) is 0.611. The summed E-state index contributed by atoms with van der Waals surface area (Å²) < 4.78 is 6.07. The normalized spacial score (nSPS) is 45.5. The van der Waals surface area contributed by atoms with E-state index in [2.05, 4.69) is 10.5 Å². The molecule has 6 aliphatic carbocycles. The molecule has 0 aromatic heterocycles. The molecular formula is C18H18N4O5. The van der Waals surface area contributed by atoms with Crippen LogP contribution in [0.4, 0.5) is 17.1 Å². The van der Waals surface area contributed by atoms with Crippen LogP contribution in [0.2, 0.25) is 0 Å². The van der Waals surface area contributed by atoms with Crippen LogP contribution in [-0.2, 0) is 4.74 Å². The molecule has 0 heterocycles. The number of ether oxygens (including phenoxy) is 1. The highest BCUT2D eigenvalue weighted by Gasteiger charge is 2.86. The van der Waals surface area contributed by atoms with Gasteiger partial charge < -0.3 is 4.74 Å². The predicted octanol–water partition coefficient (Wildman–Crippen LogP) is 2.82. The van der Waals surface area contributed by atoms with Gasteiger partial charge in [0, 0.05) is 36.6 Å². The van der Waals surface area contributed by atoms with Gasteiger partial charge in [-0.1, -0.05) is 0 Å². The van der Waals surface area contributed by atoms with Crippen molar-refractivity contribution >= 4 is 22.8 Å². The number of rotatable bonds is 5. The van der Waals surface area contributed by atoms with Crippen molar-refractivity contribution in [2.45, 2.75) is 18.4 Å². The molecule has 0 amide bonds. The molecule has 7 rings (SSSR count). The number of hydrogen-bond acceptors (Lipinski definition) is 7. The van der Waals surface area contributed by atoms with Gasteiger partial charge in [0.2, 0.25) is 0 Å². The minimum atomic E-state index is -0.639. The lowest BCUT2D eigenvalue weighted by Crippen LogP contribution is -2.45. The smallest absolute Gasteiger partial charge is 0.301 e. The molecule has 8 atom stereocenters. The summed E-state index contributed by atoms with van der Waals surface area (Å²) in [6.07, 6.45) is 2.39. The van der Waals surface area contributed by atoms with E-state index in [-0.39, 0.29) is 22.7 Å². The molecule has 0 radical (unpaired) electrons. The van der Waals surface area contributed by atoms with Crippen LogP contribution in [0, 0.1) is 61.7 Å². The van der Waals surface area contributed by atoms with Crippen LogP contribution in [0.25, 0.3) is 0 Å². The number of benzene rings is 1. The third kappa shape index (κ3) is 1.55. The quantitative estimate of drug-likeness (QED) is 0.628. The number of nitro benzene ring substituents is 2. The number of hydrazone groups is 1. The van der Waals surface area contributed by atoms with Crippen molar-refractivity contribution in [3.8, 4) is 0 Å². The van der Waals surface area contributed by atoms with Gasteiger partial charge >= 0.3 is 5.69 Å². The van der Waals surface area contributed by atoms with Crippen LogP contribution in [-0.4, -0.2) is 28.3 Å². The second-order valence-electron chi connectivity index (χ2n) is 8.56. The first-order chi connectivity index (χ1) is 13.0. The van der Waals surface area contributed by atoms with Gasteiger partial charge in [0.05, 0.1) is 21.5 Å². The number of methoxy groups -OCH3 is 1. The van der Waals surface area contributed by atoms with Crippen LogP contribution >= 0.6 is 0 Å². The lowest BCUT2D eigenvalue weighted by molar-refractivity contribution is -0.393. The molecule has 6 aliphatic rings. The van der Waals surface area contributed by atoms with Crippen LogP contribution < -0.4 is 5.43 Å². The van der Waals surface area contributed by atoms with Gasteiger partial charge in [-0.2, -0.15) is 5.10 Å². The maximum Gasteiger partial charge on any atom is 0.301 e. The van der Waals surface area contributed by atoms with Crippen LogP contribution in [0.5, 0.6) is 0 Å². The Balaban J connectivity index is 1.37. The van der Waals surface area contributed by atoms with E-state index in [1.165, 1.54) is 18.6 Å². The summed E-state index contributed by atoms with van der Waals surface area (Å²) in [6.45, 7) is 0. The Kier molecular flexibility index (Phi) is 2.67. The van der Waals surface area contributed by atoms with Gasteiger partial charge in [-0.15, -0.1) is 0 Å². The Labute approximate surface area is 154 Å². The van der Waals surface area contributed by atoms with E-state index in [1.54, 1.807) is 0 Å². The fourth-order valence-electron chi connectivity index (χ4n) is 7.75. The minimum absolute atomic E-state index is 0.0837. The molecule has 140 valence electrons. The Morgan fingerprint density at radius 1 is 1.22 bits per heavy atom. The number of nitro groups is 2. The lowest BCUT2D eigenvalue weighted by Gasteiger charge is -2.40. The first-order valence-electron chi connectivity index (χ1n) is 9.29. The zero-order valence-corrected chi connectivity index (χ0v) is 14.6. The molecular weight excluding hydrogens is 352 g/mol. The molecule has 0 unspecified atom stereocenters. The van der Waals surface area contributed by atoms with E-state index >= 15 is 0 Å². The van der Waals surface area contributed by atoms with Crippen molar-refractivity contribution in [2.24, 2.45) is 46.5 Å². The Bertz CT molecular complexity index is 948. The highest BCUT2D eigenvalue weighted by molar-refractivity contribution is 5.98. The van der Waals surface area contributed by atoms with Crippen molar-refractivity contribution in [1.82, 2.24) is 0 Å². The minimum Gasteiger partial charge on any atom is -0.377 e. The summed E-state index contributed by atoms with van der Waals surface area (Å²) in [7, 11) is 1.81. The number of nitrogens with zero attached hydrogens (tertiary/aromatic N) is 3. The second-order valence-corrected chi connectivity index (χ2v) is 8.56. The molecule has 9 heteroatoms. The lowest BCUT2D eigenvalue weighted by atomic mass is 9.69. The SMILES string of the molecule is CO[C@@]12C[C@H]3[C@H]4C[C@H]5[C@@H](C(=NNc6ccc([N+](=O)[O-])cc6[N+](=O)[O-])[C@H]1[C@@H]35)[C@H]42. The molecule has 6 saturated carbocycles. The number of nitrogens with one attached hydrogen (secondary N) is 1. The van der Waals surface area contributed by atoms with Gasteiger partial charge in [0.1, 0.15) is 5.69 Å². The molecule has 0 saturated heterocycles. The van der Waals surface area contributed by atoms with Gasteiger partial charge in [0.25, 0.3) is 5.69 Å². The molecule has 1 aromatic carbocycles. The highest BCUT2D eigenvalue weighted by Crippen LogP contribution is 2.83. The van der Waals surface area contributed by atoms with Crippen molar-refractivity contribution < 1.29 is 14.6 Å². The third-order valence-electron chi connectivity index (χ3n) is 8.16. The molecule has 0 aliphatic heterocycles. The first-order valence-corrected chi connectivity index (χ1v) is 9.29. The summed E-state index contributed by atoms with van der Waals surface area (Å²) in [4.78, 5) is 21.0. The molecule has 0 spiro atoms. The predicted molar refractivity (Wildman–Crippen MR) is 94.2 cm³/mol. The standard InChI is InChI=1S/C18H18N4O5/c1-27-18-6-10-8-5-9-13(10)16(18)17(14(9)15(8)18)20-19-11-3-2-7(21(23)24)4-12(11)22(25)26/h2-4,8-10,13-16,19H,5-6H2,1H3/t8-,9-,10+,13-,14-,15+,16-,18-/m1/s1. The van der Waals surface area contributed by atoms with E-state index in [9.17, 15) is 20.2 Å². The van der Waals surface area contributed by atoms with Crippen LogP contribution in [0.15, 0.2) is 23.3 Å². The van der Waals surface area contributed by atoms with Gasteiger partial charge in [-0.25, -0.2) is 0 Å². The highest BCUT2D eigenvalue weighted by atomic mass is 16.6. The molecule has 27 heavy (non-hydrogen) atoms. The summed E-state index contributed by atoms with van der Waals surface area (Å²) in [5, 5.41) is 26.9. The molecule has 1 N–H and O–H groups in total. The topological polar surface area (TPSA) is 120 Å². The summed E-state index contributed by atoms with van der Waals surface area (Å²) >= 11 is 0. The first kappa shape index (κ1) is 15.5. The second kappa shape index (κ2) is 4.64.